The minimum atomic E-state index is -0.748. The van der Waals surface area contributed by atoms with Gasteiger partial charge in [-0.3, -0.25) is 4.79 Å². The lowest BCUT2D eigenvalue weighted by Gasteiger charge is -2.38. The summed E-state index contributed by atoms with van der Waals surface area (Å²) in [5.74, 6) is 0.362. The summed E-state index contributed by atoms with van der Waals surface area (Å²) in [6.45, 7) is 9.25. The van der Waals surface area contributed by atoms with Crippen molar-refractivity contribution in [2.75, 3.05) is 40.0 Å². The van der Waals surface area contributed by atoms with Gasteiger partial charge in [-0.05, 0) is 58.2 Å². The van der Waals surface area contributed by atoms with Crippen molar-refractivity contribution < 1.29 is 28.5 Å². The summed E-state index contributed by atoms with van der Waals surface area (Å²) in [5, 5.41) is 9.48. The van der Waals surface area contributed by atoms with Crippen LogP contribution in [0.1, 0.15) is 64.1 Å². The Kier molecular flexibility index (Phi) is 8.98. The highest BCUT2D eigenvalue weighted by Gasteiger charge is 2.42. The molecule has 9 nitrogen and oxygen atoms in total. The van der Waals surface area contributed by atoms with E-state index in [9.17, 15) is 14.9 Å². The van der Waals surface area contributed by atoms with E-state index in [2.05, 4.69) is 6.07 Å². The number of ether oxygens (including phenoxy) is 4. The molecule has 9 heteroatoms. The first kappa shape index (κ1) is 26.8. The second kappa shape index (κ2) is 11.7. The average molecular weight is 488 g/mol. The molecule has 192 valence electrons. The van der Waals surface area contributed by atoms with Crippen LogP contribution in [0.15, 0.2) is 18.2 Å². The average Bonchev–Trinajstić information content (AvgIpc) is 3.66. The van der Waals surface area contributed by atoms with Crippen LogP contribution in [0.5, 0.6) is 5.75 Å². The van der Waals surface area contributed by atoms with Crippen LogP contribution in [0.25, 0.3) is 0 Å². The van der Waals surface area contributed by atoms with Crippen LogP contribution in [0.3, 0.4) is 0 Å². The van der Waals surface area contributed by atoms with E-state index in [1.807, 2.05) is 44.7 Å². The number of amides is 2. The lowest BCUT2D eigenvalue weighted by atomic mass is 10.0. The summed E-state index contributed by atoms with van der Waals surface area (Å²) in [7, 11) is 1.63. The Labute approximate surface area is 207 Å². The van der Waals surface area contributed by atoms with E-state index in [0.29, 0.717) is 37.5 Å². The van der Waals surface area contributed by atoms with Crippen molar-refractivity contribution in [2.45, 2.75) is 70.7 Å². The summed E-state index contributed by atoms with van der Waals surface area (Å²) in [6, 6.07) is 7.48. The Morgan fingerprint density at radius 2 is 2.03 bits per heavy atom. The van der Waals surface area contributed by atoms with Gasteiger partial charge >= 0.3 is 6.09 Å². The molecule has 2 aliphatic rings. The van der Waals surface area contributed by atoms with Crippen molar-refractivity contribution in [1.29, 1.82) is 5.26 Å². The lowest BCUT2D eigenvalue weighted by molar-refractivity contribution is -0.151. The first-order valence-electron chi connectivity index (χ1n) is 12.2. The van der Waals surface area contributed by atoms with Gasteiger partial charge in [0.1, 0.15) is 17.4 Å². The maximum Gasteiger partial charge on any atom is 0.410 e. The molecule has 1 saturated carbocycles. The zero-order chi connectivity index (χ0) is 25.6. The van der Waals surface area contributed by atoms with Crippen LogP contribution >= 0.6 is 0 Å². The highest BCUT2D eigenvalue weighted by molar-refractivity contribution is 5.83. The quantitative estimate of drug-likeness (QED) is 0.490. The molecule has 0 aromatic heterocycles. The van der Waals surface area contributed by atoms with Crippen molar-refractivity contribution in [3.63, 3.8) is 0 Å². The van der Waals surface area contributed by atoms with Crippen LogP contribution in [0, 0.1) is 11.3 Å². The number of hydrogen-bond acceptors (Lipinski definition) is 7. The molecule has 0 N–H and O–H groups in total. The Morgan fingerprint density at radius 3 is 2.66 bits per heavy atom. The smallest absolute Gasteiger partial charge is 0.410 e. The van der Waals surface area contributed by atoms with Gasteiger partial charge in [0.25, 0.3) is 5.91 Å². The molecule has 1 unspecified atom stereocenters. The largest absolute Gasteiger partial charge is 0.492 e. The number of carbonyl (C=O) groups excluding carboxylic acids is 2. The van der Waals surface area contributed by atoms with Crippen molar-refractivity contribution in [1.82, 2.24) is 9.80 Å². The van der Waals surface area contributed by atoms with Crippen LogP contribution in [0.2, 0.25) is 0 Å². The van der Waals surface area contributed by atoms with Gasteiger partial charge in [0, 0.05) is 32.7 Å². The highest BCUT2D eigenvalue weighted by Crippen LogP contribution is 2.37. The molecule has 0 spiro atoms. The van der Waals surface area contributed by atoms with E-state index in [0.717, 1.165) is 18.4 Å². The molecule has 1 aromatic carbocycles. The molecular weight excluding hydrogens is 450 g/mol. The van der Waals surface area contributed by atoms with Gasteiger partial charge in [0.15, 0.2) is 6.10 Å². The van der Waals surface area contributed by atoms with E-state index in [1.165, 1.54) is 0 Å². The molecule has 3 rings (SSSR count). The molecule has 2 fully saturated rings. The first-order chi connectivity index (χ1) is 16.6. The normalized spacial score (nSPS) is 19.0. The minimum absolute atomic E-state index is 0.125. The number of nitrogens with zero attached hydrogens (tertiary/aromatic N) is 3. The monoisotopic (exact) mass is 487 g/mol. The van der Waals surface area contributed by atoms with Crippen molar-refractivity contribution in [2.24, 2.45) is 0 Å². The Hall–Kier alpha value is -2.83. The van der Waals surface area contributed by atoms with Crippen LogP contribution < -0.4 is 4.74 Å². The van der Waals surface area contributed by atoms with Gasteiger partial charge in [0.2, 0.25) is 0 Å². The van der Waals surface area contributed by atoms with Crippen molar-refractivity contribution in [3.8, 4) is 11.8 Å². The SMILES string of the molecule is COCCCOc1cc(C(C)N(C(=O)[C@H]2CN(C(=O)OC(C)(C)C)CCO2)C2CC2)ccc1C#N. The van der Waals surface area contributed by atoms with Gasteiger partial charge in [-0.2, -0.15) is 5.26 Å². The van der Waals surface area contributed by atoms with Gasteiger partial charge in [0.05, 0.1) is 31.4 Å². The second-order valence-electron chi connectivity index (χ2n) is 10.0. The van der Waals surface area contributed by atoms with E-state index in [4.69, 9.17) is 18.9 Å². The van der Waals surface area contributed by atoms with Crippen LogP contribution in [-0.2, 0) is 19.0 Å². The van der Waals surface area contributed by atoms with E-state index in [-0.39, 0.29) is 31.1 Å². The third kappa shape index (κ3) is 7.33. The maximum absolute atomic E-state index is 13.6. The van der Waals surface area contributed by atoms with Gasteiger partial charge in [-0.1, -0.05) is 6.07 Å². The Morgan fingerprint density at radius 1 is 1.29 bits per heavy atom. The van der Waals surface area contributed by atoms with Gasteiger partial charge in [-0.25, -0.2) is 4.79 Å². The molecule has 0 radical (unpaired) electrons. The molecule has 1 aliphatic carbocycles. The molecule has 2 atom stereocenters. The summed E-state index contributed by atoms with van der Waals surface area (Å²) in [6.07, 6.45) is 1.38. The fourth-order valence-electron chi connectivity index (χ4n) is 4.05. The topological polar surface area (TPSA) is 101 Å². The molecule has 1 saturated heterocycles. The zero-order valence-corrected chi connectivity index (χ0v) is 21.4. The summed E-state index contributed by atoms with van der Waals surface area (Å²) in [4.78, 5) is 29.6. The minimum Gasteiger partial charge on any atom is -0.492 e. The van der Waals surface area contributed by atoms with E-state index >= 15 is 0 Å². The second-order valence-corrected chi connectivity index (χ2v) is 10.0. The van der Waals surface area contributed by atoms with Crippen LogP contribution in [-0.4, -0.2) is 79.6 Å². The fraction of sp³-hybridized carbons (Fsp3) is 0.654. The Balaban J connectivity index is 1.74. The number of hydrogen-bond donors (Lipinski definition) is 0. The highest BCUT2D eigenvalue weighted by atomic mass is 16.6. The summed E-state index contributed by atoms with van der Waals surface area (Å²) < 4.78 is 22.2. The molecule has 1 aromatic rings. The van der Waals surface area contributed by atoms with E-state index < -0.39 is 17.8 Å². The number of nitriles is 1. The summed E-state index contributed by atoms with van der Waals surface area (Å²) >= 11 is 0. The first-order valence-corrected chi connectivity index (χ1v) is 12.2. The molecule has 0 bridgehead atoms. The zero-order valence-electron chi connectivity index (χ0n) is 21.4. The fourth-order valence-corrected chi connectivity index (χ4v) is 4.05. The molecular formula is C26H37N3O6. The number of morpholine rings is 1. The number of methoxy groups -OCH3 is 1. The lowest BCUT2D eigenvalue weighted by Crippen LogP contribution is -2.54. The standard InChI is InChI=1S/C26H37N3O6/c1-18(19-7-8-20(16-27)22(15-19)33-13-6-12-32-5)29(21-9-10-21)24(30)23-17-28(11-14-34-23)25(31)35-26(2,3)4/h7-8,15,18,21,23H,6,9-14,17H2,1-5H3/t18?,23-/m1/s1. The molecule has 35 heavy (non-hydrogen) atoms. The van der Waals surface area contributed by atoms with Gasteiger partial charge < -0.3 is 28.7 Å². The third-order valence-corrected chi connectivity index (χ3v) is 5.96. The maximum atomic E-state index is 13.6. The number of rotatable bonds is 9. The predicted molar refractivity (Wildman–Crippen MR) is 129 cm³/mol. The summed E-state index contributed by atoms with van der Waals surface area (Å²) in [5.41, 5.74) is 0.722. The predicted octanol–water partition coefficient (Wildman–Crippen LogP) is 3.66. The van der Waals surface area contributed by atoms with Crippen LogP contribution in [0.4, 0.5) is 4.79 Å². The number of benzene rings is 1. The van der Waals surface area contributed by atoms with Gasteiger partial charge in [-0.15, -0.1) is 0 Å². The molecule has 1 heterocycles. The molecule has 2 amide bonds. The number of carbonyl (C=O) groups is 2. The third-order valence-electron chi connectivity index (χ3n) is 5.96. The molecule has 1 aliphatic heterocycles. The van der Waals surface area contributed by atoms with E-state index in [1.54, 1.807) is 18.1 Å². The Bertz CT molecular complexity index is 934. The van der Waals surface area contributed by atoms with Crippen molar-refractivity contribution in [3.05, 3.63) is 29.3 Å². The van der Waals surface area contributed by atoms with Crippen molar-refractivity contribution >= 4 is 12.0 Å².